The molecule has 0 saturated heterocycles. The first kappa shape index (κ1) is 10.4. The van der Waals surface area contributed by atoms with E-state index in [1.54, 1.807) is 6.07 Å². The smallest absolute Gasteiger partial charge is 0.250 e. The van der Waals surface area contributed by atoms with E-state index in [4.69, 9.17) is 0 Å². The third-order valence-electron chi connectivity index (χ3n) is 3.01. The fraction of sp³-hybridized carbons (Fsp3) is 0.583. The van der Waals surface area contributed by atoms with Crippen LogP contribution in [-0.4, -0.2) is 17.7 Å². The lowest BCUT2D eigenvalue weighted by molar-refractivity contribution is 0.581. The molecule has 0 spiro atoms. The number of likely N-dealkylation sites (N-methyl/N-ethyl adjacent to an activating group) is 1. The number of pyridine rings is 1. The molecule has 3 nitrogen and oxygen atoms in total. The van der Waals surface area contributed by atoms with Crippen LogP contribution in [0.15, 0.2) is 16.9 Å². The molecule has 82 valence electrons. The van der Waals surface area contributed by atoms with Gasteiger partial charge in [-0.2, -0.15) is 0 Å². The zero-order chi connectivity index (χ0) is 10.7. The molecule has 0 saturated carbocycles. The van der Waals surface area contributed by atoms with Crippen LogP contribution in [0, 0.1) is 0 Å². The molecule has 0 bridgehead atoms. The zero-order valence-electron chi connectivity index (χ0n) is 9.25. The largest absolute Gasteiger partial charge is 0.315 e. The van der Waals surface area contributed by atoms with Crippen LogP contribution in [0.1, 0.15) is 24.6 Å². The molecular weight excluding hydrogens is 188 g/mol. The van der Waals surface area contributed by atoms with Crippen molar-refractivity contribution in [1.82, 2.24) is 9.88 Å². The second-order valence-corrected chi connectivity index (χ2v) is 4.00. The van der Waals surface area contributed by atoms with E-state index in [1.807, 2.05) is 10.6 Å². The normalized spacial score (nSPS) is 14.2. The van der Waals surface area contributed by atoms with Crippen LogP contribution >= 0.6 is 0 Å². The highest BCUT2D eigenvalue weighted by Crippen LogP contribution is 2.19. The van der Waals surface area contributed by atoms with E-state index in [1.165, 1.54) is 17.7 Å². The van der Waals surface area contributed by atoms with E-state index in [2.05, 4.69) is 12.2 Å². The Morgan fingerprint density at radius 2 is 2.27 bits per heavy atom. The highest BCUT2D eigenvalue weighted by atomic mass is 16.1. The fourth-order valence-electron chi connectivity index (χ4n) is 2.25. The van der Waals surface area contributed by atoms with Crippen LogP contribution in [0.4, 0.5) is 0 Å². The Hall–Kier alpha value is -1.09. The third-order valence-corrected chi connectivity index (χ3v) is 3.01. The first-order chi connectivity index (χ1) is 7.33. The minimum atomic E-state index is 0.147. The van der Waals surface area contributed by atoms with Crippen molar-refractivity contribution in [2.75, 3.05) is 13.1 Å². The average molecular weight is 206 g/mol. The lowest BCUT2D eigenvalue weighted by Gasteiger charge is -2.11. The molecule has 3 heteroatoms. The average Bonchev–Trinajstić information content (AvgIpc) is 2.69. The van der Waals surface area contributed by atoms with E-state index in [9.17, 15) is 4.79 Å². The van der Waals surface area contributed by atoms with Crippen LogP contribution in [-0.2, 0) is 19.4 Å². The van der Waals surface area contributed by atoms with Crippen LogP contribution < -0.4 is 10.9 Å². The monoisotopic (exact) mass is 206 g/mol. The predicted octanol–water partition coefficient (Wildman–Crippen LogP) is 0.946. The summed E-state index contributed by atoms with van der Waals surface area (Å²) in [6.45, 7) is 4.73. The second-order valence-electron chi connectivity index (χ2n) is 4.00. The molecule has 1 aliphatic rings. The van der Waals surface area contributed by atoms with E-state index < -0.39 is 0 Å². The number of nitrogens with one attached hydrogen (secondary N) is 1. The minimum Gasteiger partial charge on any atom is -0.315 e. The molecule has 0 fully saturated rings. The third kappa shape index (κ3) is 2.12. The molecule has 1 aliphatic carbocycles. The van der Waals surface area contributed by atoms with E-state index in [-0.39, 0.29) is 5.56 Å². The first-order valence-corrected chi connectivity index (χ1v) is 5.75. The number of aryl methyl sites for hydroxylation is 1. The van der Waals surface area contributed by atoms with Crippen LogP contribution in [0.5, 0.6) is 0 Å². The van der Waals surface area contributed by atoms with E-state index in [0.29, 0.717) is 0 Å². The van der Waals surface area contributed by atoms with Gasteiger partial charge in [-0.15, -0.1) is 0 Å². The van der Waals surface area contributed by atoms with Gasteiger partial charge in [-0.1, -0.05) is 13.0 Å². The van der Waals surface area contributed by atoms with Crippen molar-refractivity contribution in [3.63, 3.8) is 0 Å². The van der Waals surface area contributed by atoms with Gasteiger partial charge in [0.05, 0.1) is 0 Å². The quantitative estimate of drug-likeness (QED) is 0.744. The number of hydrogen-bond acceptors (Lipinski definition) is 2. The zero-order valence-corrected chi connectivity index (χ0v) is 9.25. The molecule has 1 aromatic heterocycles. The molecule has 15 heavy (non-hydrogen) atoms. The maximum Gasteiger partial charge on any atom is 0.250 e. The number of fused-ring (bicyclic) bond motifs is 1. The summed E-state index contributed by atoms with van der Waals surface area (Å²) < 4.78 is 1.94. The first-order valence-electron chi connectivity index (χ1n) is 5.75. The van der Waals surface area contributed by atoms with Crippen molar-refractivity contribution in [2.45, 2.75) is 32.7 Å². The summed E-state index contributed by atoms with van der Waals surface area (Å²) in [6.07, 6.45) is 3.40. The van der Waals surface area contributed by atoms with Gasteiger partial charge in [-0.3, -0.25) is 4.79 Å². The standard InChI is InChI=1S/C12H18N2O/c1-2-13-8-9-14-11-5-3-4-10(11)6-7-12(14)15/h6-7,13H,2-5,8-9H2,1H3. The Morgan fingerprint density at radius 3 is 3.07 bits per heavy atom. The van der Waals surface area contributed by atoms with Crippen LogP contribution in [0.2, 0.25) is 0 Å². The summed E-state index contributed by atoms with van der Waals surface area (Å²) in [4.78, 5) is 11.7. The predicted molar refractivity (Wildman–Crippen MR) is 61.3 cm³/mol. The lowest BCUT2D eigenvalue weighted by Crippen LogP contribution is -2.28. The molecule has 0 atom stereocenters. The maximum absolute atomic E-state index is 11.7. The number of hydrogen-bond donors (Lipinski definition) is 1. The molecule has 2 rings (SSSR count). The van der Waals surface area contributed by atoms with Gasteiger partial charge in [-0.05, 0) is 31.4 Å². The van der Waals surface area contributed by atoms with E-state index in [0.717, 1.165) is 32.5 Å². The number of nitrogens with zero attached hydrogens (tertiary/aromatic N) is 1. The molecule has 0 radical (unpaired) electrons. The minimum absolute atomic E-state index is 0.147. The summed E-state index contributed by atoms with van der Waals surface area (Å²) in [7, 11) is 0. The highest BCUT2D eigenvalue weighted by Gasteiger charge is 2.14. The Labute approximate surface area is 90.1 Å². The highest BCUT2D eigenvalue weighted by molar-refractivity contribution is 5.25. The van der Waals surface area contributed by atoms with E-state index >= 15 is 0 Å². The van der Waals surface area contributed by atoms with Gasteiger partial charge in [-0.25, -0.2) is 0 Å². The fourth-order valence-corrected chi connectivity index (χ4v) is 2.25. The Kier molecular flexibility index (Phi) is 3.21. The molecular formula is C12H18N2O. The Morgan fingerprint density at radius 1 is 1.40 bits per heavy atom. The van der Waals surface area contributed by atoms with Crippen LogP contribution in [0.25, 0.3) is 0 Å². The van der Waals surface area contributed by atoms with Crippen molar-refractivity contribution in [3.8, 4) is 0 Å². The lowest BCUT2D eigenvalue weighted by atomic mass is 10.2. The molecule has 1 aromatic rings. The molecule has 0 unspecified atom stereocenters. The van der Waals surface area contributed by atoms with Crippen molar-refractivity contribution < 1.29 is 0 Å². The number of rotatable bonds is 4. The second kappa shape index (κ2) is 4.62. The maximum atomic E-state index is 11.7. The van der Waals surface area contributed by atoms with Gasteiger partial charge in [0.2, 0.25) is 0 Å². The molecule has 1 heterocycles. The Bertz CT molecular complexity index is 395. The summed E-state index contributed by atoms with van der Waals surface area (Å²) >= 11 is 0. The van der Waals surface area contributed by atoms with Gasteiger partial charge in [0, 0.05) is 24.8 Å². The van der Waals surface area contributed by atoms with Gasteiger partial charge in [0.25, 0.3) is 5.56 Å². The summed E-state index contributed by atoms with van der Waals surface area (Å²) in [6, 6.07) is 3.70. The molecule has 0 aromatic carbocycles. The molecule has 0 amide bonds. The molecule has 1 N–H and O–H groups in total. The van der Waals surface area contributed by atoms with Gasteiger partial charge in [0.15, 0.2) is 0 Å². The summed E-state index contributed by atoms with van der Waals surface area (Å²) in [5, 5.41) is 3.26. The van der Waals surface area contributed by atoms with Gasteiger partial charge < -0.3 is 9.88 Å². The molecule has 0 aliphatic heterocycles. The SMILES string of the molecule is CCNCCn1c2c(ccc1=O)CCC2. The van der Waals surface area contributed by atoms with Crippen molar-refractivity contribution in [3.05, 3.63) is 33.7 Å². The van der Waals surface area contributed by atoms with Crippen molar-refractivity contribution >= 4 is 0 Å². The van der Waals surface area contributed by atoms with Crippen molar-refractivity contribution in [2.24, 2.45) is 0 Å². The summed E-state index contributed by atoms with van der Waals surface area (Å²) in [5.41, 5.74) is 2.78. The van der Waals surface area contributed by atoms with Crippen LogP contribution in [0.3, 0.4) is 0 Å². The van der Waals surface area contributed by atoms with Gasteiger partial charge in [0.1, 0.15) is 0 Å². The summed E-state index contributed by atoms with van der Waals surface area (Å²) in [5.74, 6) is 0. The Balaban J connectivity index is 2.21. The topological polar surface area (TPSA) is 34.0 Å². The number of aromatic nitrogens is 1. The van der Waals surface area contributed by atoms with Crippen molar-refractivity contribution in [1.29, 1.82) is 0 Å². The van der Waals surface area contributed by atoms with Gasteiger partial charge >= 0.3 is 0 Å².